The van der Waals surface area contributed by atoms with E-state index in [0.717, 1.165) is 0 Å². The predicted molar refractivity (Wildman–Crippen MR) is 13.2 cm³/mol. The van der Waals surface area contributed by atoms with E-state index >= 15 is 0 Å². The van der Waals surface area contributed by atoms with Crippen LogP contribution in [0.1, 0.15) is 0 Å². The third-order valence-corrected chi connectivity index (χ3v) is 0. The van der Waals surface area contributed by atoms with E-state index in [0.29, 0.717) is 0 Å². The van der Waals surface area contributed by atoms with Crippen molar-refractivity contribution < 1.29 is 72.6 Å². The van der Waals surface area contributed by atoms with E-state index in [1.807, 2.05) is 0 Å². The van der Waals surface area contributed by atoms with Crippen LogP contribution in [0.15, 0.2) is 0 Å². The van der Waals surface area contributed by atoms with Gasteiger partial charge in [0.1, 0.15) is 0 Å². The van der Waals surface area contributed by atoms with Crippen LogP contribution in [0.3, 0.4) is 0 Å². The van der Waals surface area contributed by atoms with Crippen molar-refractivity contribution in [2.24, 2.45) is 0 Å². The molecule has 0 rings (SSSR count). The molecule has 0 amide bonds. The summed E-state index contributed by atoms with van der Waals surface area (Å²) < 4.78 is 0. The van der Waals surface area contributed by atoms with E-state index in [2.05, 4.69) is 0 Å². The van der Waals surface area contributed by atoms with Gasteiger partial charge >= 0.3 is 64.2 Å². The van der Waals surface area contributed by atoms with E-state index < -0.39 is 6.16 Å². The molecule has 0 heterocycles. The van der Waals surface area contributed by atoms with Gasteiger partial charge in [-0.3, -0.25) is 0 Å². The largest absolute Gasteiger partial charge is 4.00 e. The van der Waals surface area contributed by atoms with Gasteiger partial charge in [0.15, 0.2) is 0 Å². The number of hydrogen-bond acceptors (Lipinski definition) is 3. The third kappa shape index (κ3) is 401. The Bertz CT molecular complexity index is 40.7. The van der Waals surface area contributed by atoms with Crippen molar-refractivity contribution in [2.75, 3.05) is 0 Å². The van der Waals surface area contributed by atoms with Gasteiger partial charge in [0.2, 0.25) is 0 Å². The fourth-order valence-electron chi connectivity index (χ4n) is 0. The summed E-state index contributed by atoms with van der Waals surface area (Å²) in [6.07, 6.45) is -2.33. The average Bonchev–Trinajstić information content (AvgIpc) is 0.811. The molecule has 6 nitrogen and oxygen atoms in total. The van der Waals surface area contributed by atoms with Gasteiger partial charge in [-0.05, 0) is 6.16 Å². The van der Waals surface area contributed by atoms with Crippen LogP contribution < -0.4 is 10.2 Å². The van der Waals surface area contributed by atoms with Crippen LogP contribution in [0.2, 0.25) is 0 Å². The van der Waals surface area contributed by atoms with Crippen LogP contribution in [0.5, 0.6) is 0 Å². The molecular weight excluding hydrogens is 246 g/mol. The first kappa shape index (κ1) is 65.4. The van der Waals surface area contributed by atoms with Crippen molar-refractivity contribution in [3.8, 4) is 0 Å². The quantitative estimate of drug-likeness (QED) is 0.414. The Morgan fingerprint density at radius 3 is 1.00 bits per heavy atom. The second-order valence-corrected chi connectivity index (χ2v) is 0.250. The first-order valence-electron chi connectivity index (χ1n) is 0.612. The minimum absolute atomic E-state index is 0. The Labute approximate surface area is 101 Å². The normalized spacial score (nSPS) is 2.40. The summed E-state index contributed by atoms with van der Waals surface area (Å²) in [6, 6.07) is 0. The number of rotatable bonds is 0. The minimum Gasteiger partial charge on any atom is -2.00 e. The maximum Gasteiger partial charge on any atom is 4.00 e. The monoisotopic (exact) mass is 244 g/mol. The van der Waals surface area contributed by atoms with Crippen molar-refractivity contribution >= 4 is 29.2 Å². The van der Waals surface area contributed by atoms with Crippen molar-refractivity contribution in [1.29, 1.82) is 0 Å². The Morgan fingerprint density at radius 2 is 1.00 bits per heavy atom. The Morgan fingerprint density at radius 1 is 1.00 bits per heavy atom. The first-order chi connectivity index (χ1) is 1.73. The van der Waals surface area contributed by atoms with Crippen molar-refractivity contribution in [2.45, 2.75) is 0 Å². The molecule has 48 valence electrons. The summed E-state index contributed by atoms with van der Waals surface area (Å²) >= 11 is 0. The summed E-state index contributed by atoms with van der Waals surface area (Å²) in [7, 11) is 0. The molecule has 0 aromatic rings. The summed E-state index contributed by atoms with van der Waals surface area (Å²) in [5, 5.41) is 16.7. The molecule has 0 bridgehead atoms. The summed E-state index contributed by atoms with van der Waals surface area (Å²) in [6.45, 7) is 0. The minimum atomic E-state index is -2.33. The Hall–Kier alpha value is 1.25. The van der Waals surface area contributed by atoms with Gasteiger partial charge in [0.05, 0.1) is 0 Å². The fraction of sp³-hybridized carbons (Fsp3) is 0. The summed E-state index contributed by atoms with van der Waals surface area (Å²) in [5.41, 5.74) is 0. The van der Waals surface area contributed by atoms with E-state index in [-0.39, 0.29) is 80.7 Å². The SMILES string of the molecule is O=C([O-])[O-].[Mg+2].[O-2].[O-2].[O-2].[Ti+4].[Zn+2]. The third-order valence-electron chi connectivity index (χ3n) is 0. The maximum absolute atomic E-state index is 8.33. The molecule has 0 unspecified atom stereocenters. The molecule has 10 heavy (non-hydrogen) atoms. The van der Waals surface area contributed by atoms with Gasteiger partial charge in [-0.15, -0.1) is 0 Å². The molecule has 0 atom stereocenters. The predicted octanol–water partition coefficient (Wildman–Crippen LogP) is -3.19. The second kappa shape index (κ2) is 48.5. The van der Waals surface area contributed by atoms with Crippen molar-refractivity contribution in [3.05, 3.63) is 0 Å². The molecule has 0 fully saturated rings. The van der Waals surface area contributed by atoms with Gasteiger partial charge in [0.25, 0.3) is 0 Å². The number of hydrogen-bond donors (Lipinski definition) is 0. The zero-order chi connectivity index (χ0) is 3.58. The molecule has 9 heteroatoms. The second-order valence-electron chi connectivity index (χ2n) is 0.250. The molecule has 0 saturated heterocycles. The van der Waals surface area contributed by atoms with Gasteiger partial charge < -0.3 is 31.4 Å². The van der Waals surface area contributed by atoms with Crippen LogP contribution in [0, 0.1) is 0 Å². The van der Waals surface area contributed by atoms with Crippen LogP contribution in [0.25, 0.3) is 0 Å². The zero-order valence-electron chi connectivity index (χ0n) is 4.86. The smallest absolute Gasteiger partial charge is 2.00 e. The molecule has 0 saturated carbocycles. The molecular formula is CMgO6TiZn. The Kier molecular flexibility index (Phi) is 317. The zero-order valence-corrected chi connectivity index (χ0v) is 10.8. The van der Waals surface area contributed by atoms with E-state index in [9.17, 15) is 0 Å². The molecule has 0 aliphatic carbocycles. The van der Waals surface area contributed by atoms with Crippen LogP contribution >= 0.6 is 0 Å². The summed E-state index contributed by atoms with van der Waals surface area (Å²) in [4.78, 5) is 8.33. The molecule has 0 aromatic carbocycles. The summed E-state index contributed by atoms with van der Waals surface area (Å²) in [5.74, 6) is 0. The van der Waals surface area contributed by atoms with Crippen LogP contribution in [-0.4, -0.2) is 29.2 Å². The van der Waals surface area contributed by atoms with Crippen LogP contribution in [-0.2, 0) is 57.6 Å². The van der Waals surface area contributed by atoms with Crippen molar-refractivity contribution in [1.82, 2.24) is 0 Å². The molecule has 0 aliphatic heterocycles. The molecule has 0 spiro atoms. The van der Waals surface area contributed by atoms with Gasteiger partial charge in [-0.25, -0.2) is 0 Å². The number of carbonyl (C=O) groups excluding carboxylic acids is 1. The van der Waals surface area contributed by atoms with E-state index in [1.165, 1.54) is 0 Å². The van der Waals surface area contributed by atoms with Crippen LogP contribution in [0.4, 0.5) is 4.79 Å². The van der Waals surface area contributed by atoms with Gasteiger partial charge in [-0.2, -0.15) is 0 Å². The topological polar surface area (TPSA) is 149 Å². The molecule has 0 radical (unpaired) electrons. The number of carbonyl (C=O) groups is 1. The average molecular weight is 246 g/mol. The Balaban J connectivity index is -0.00000000300. The van der Waals surface area contributed by atoms with Gasteiger partial charge in [0, 0.05) is 0 Å². The number of carboxylic acid groups (broad SMARTS) is 2. The molecule has 0 aliphatic rings. The molecule has 0 N–H and O–H groups in total. The van der Waals surface area contributed by atoms with E-state index in [1.54, 1.807) is 0 Å². The van der Waals surface area contributed by atoms with E-state index in [4.69, 9.17) is 15.0 Å². The van der Waals surface area contributed by atoms with Crippen molar-refractivity contribution in [3.63, 3.8) is 0 Å². The fourth-order valence-corrected chi connectivity index (χ4v) is 0. The molecule has 0 aromatic heterocycles. The first-order valence-corrected chi connectivity index (χ1v) is 0.612. The maximum atomic E-state index is 8.33. The van der Waals surface area contributed by atoms with Gasteiger partial charge in [-0.1, -0.05) is 0 Å². The standard InChI is InChI=1S/CH2O3.Mg.3O.Ti.Zn/c2-1(3)4;;;;;;/h(H2,2,3,4);;;;;;/q;+2;3*-2;+4;+2/p-2.